The van der Waals surface area contributed by atoms with Gasteiger partial charge in [-0.15, -0.1) is 5.10 Å². The van der Waals surface area contributed by atoms with E-state index in [-0.39, 0.29) is 24.0 Å². The molecule has 0 aliphatic carbocycles. The van der Waals surface area contributed by atoms with Crippen molar-refractivity contribution in [3.63, 3.8) is 0 Å². The Labute approximate surface area is 284 Å². The van der Waals surface area contributed by atoms with E-state index in [2.05, 4.69) is 41.5 Å². The molecule has 4 aromatic rings. The van der Waals surface area contributed by atoms with Crippen molar-refractivity contribution in [2.45, 2.75) is 105 Å². The Morgan fingerprint density at radius 2 is 1.77 bits per heavy atom. The van der Waals surface area contributed by atoms with E-state index in [9.17, 15) is 9.59 Å². The predicted octanol–water partition coefficient (Wildman–Crippen LogP) is 7.59. The Balaban J connectivity index is 1.17. The fraction of sp³-hybridized carbons (Fsp3) is 0.474. The maximum atomic E-state index is 13.5. The highest BCUT2D eigenvalue weighted by Crippen LogP contribution is 2.32. The second kappa shape index (κ2) is 14.7. The topological polar surface area (TPSA) is 103 Å². The Hall–Kier alpha value is -4.60. The van der Waals surface area contributed by atoms with Gasteiger partial charge in [0.1, 0.15) is 30.3 Å². The number of amides is 2. The number of aryl methyl sites for hydroxylation is 3. The van der Waals surface area contributed by atoms with E-state index in [1.54, 1.807) is 20.5 Å². The Bertz CT molecular complexity index is 1710. The van der Waals surface area contributed by atoms with Crippen molar-refractivity contribution < 1.29 is 23.5 Å². The van der Waals surface area contributed by atoms with E-state index in [4.69, 9.17) is 13.9 Å². The Morgan fingerprint density at radius 1 is 1.04 bits per heavy atom. The zero-order chi connectivity index (χ0) is 34.6. The van der Waals surface area contributed by atoms with Crippen LogP contribution in [0.25, 0.3) is 0 Å². The van der Waals surface area contributed by atoms with Crippen molar-refractivity contribution in [1.29, 1.82) is 0 Å². The van der Waals surface area contributed by atoms with Crippen LogP contribution in [0, 0.1) is 20.8 Å². The molecule has 1 aliphatic rings. The minimum Gasteiger partial charge on any atom is -0.488 e. The Kier molecular flexibility index (Phi) is 10.6. The number of ether oxygens (including phenoxy) is 2. The Morgan fingerprint density at radius 3 is 2.44 bits per heavy atom. The molecule has 0 saturated carbocycles. The fourth-order valence-electron chi connectivity index (χ4n) is 6.33. The third-order valence-corrected chi connectivity index (χ3v) is 8.86. The fourth-order valence-corrected chi connectivity index (χ4v) is 6.33. The van der Waals surface area contributed by atoms with Crippen LogP contribution in [0.3, 0.4) is 0 Å². The molecule has 48 heavy (non-hydrogen) atoms. The van der Waals surface area contributed by atoms with Crippen LogP contribution in [0.1, 0.15) is 103 Å². The van der Waals surface area contributed by atoms with Crippen molar-refractivity contribution in [3.8, 4) is 5.75 Å². The van der Waals surface area contributed by atoms with Gasteiger partial charge >= 0.3 is 6.09 Å². The SMILES string of the molecule is CCN(Cc1cc(C)c(OCc2ccccc2C)c(C)c1)C(=O)c1ccc(Cn2cc(C3CCN(C(=O)OC(C)(C)C)C(C)C3)nn2)o1. The molecular weight excluding hydrogens is 606 g/mol. The van der Waals surface area contributed by atoms with Gasteiger partial charge in [-0.25, -0.2) is 9.48 Å². The minimum absolute atomic E-state index is 0.0342. The monoisotopic (exact) mass is 655 g/mol. The van der Waals surface area contributed by atoms with Gasteiger partial charge < -0.3 is 23.7 Å². The van der Waals surface area contributed by atoms with E-state index in [1.165, 1.54) is 5.56 Å². The number of piperidine rings is 1. The van der Waals surface area contributed by atoms with Crippen molar-refractivity contribution in [2.24, 2.45) is 0 Å². The predicted molar refractivity (Wildman–Crippen MR) is 184 cm³/mol. The van der Waals surface area contributed by atoms with Gasteiger partial charge in [0.05, 0.1) is 5.69 Å². The van der Waals surface area contributed by atoms with E-state index >= 15 is 0 Å². The second-order valence-electron chi connectivity index (χ2n) is 13.9. The number of carbonyl (C=O) groups is 2. The van der Waals surface area contributed by atoms with Gasteiger partial charge in [0.25, 0.3) is 5.91 Å². The minimum atomic E-state index is -0.524. The first kappa shape index (κ1) is 34.7. The van der Waals surface area contributed by atoms with E-state index in [1.807, 2.05) is 72.9 Å². The molecule has 2 amide bonds. The van der Waals surface area contributed by atoms with Crippen molar-refractivity contribution >= 4 is 12.0 Å². The van der Waals surface area contributed by atoms with Gasteiger partial charge in [-0.05, 0) is 108 Å². The molecule has 3 heterocycles. The summed E-state index contributed by atoms with van der Waals surface area (Å²) in [5.74, 6) is 1.83. The van der Waals surface area contributed by atoms with Crippen LogP contribution in [-0.2, 0) is 24.4 Å². The van der Waals surface area contributed by atoms with Gasteiger partial charge in [-0.2, -0.15) is 0 Å². The van der Waals surface area contributed by atoms with Crippen molar-refractivity contribution in [2.75, 3.05) is 13.1 Å². The summed E-state index contributed by atoms with van der Waals surface area (Å²) in [4.78, 5) is 29.7. The van der Waals surface area contributed by atoms with Gasteiger partial charge in [-0.3, -0.25) is 4.79 Å². The van der Waals surface area contributed by atoms with E-state index in [0.29, 0.717) is 44.3 Å². The summed E-state index contributed by atoms with van der Waals surface area (Å²) in [5.41, 5.74) is 5.86. The summed E-state index contributed by atoms with van der Waals surface area (Å²) >= 11 is 0. The standard InChI is InChI=1S/C38H49N5O5/c1-9-41(21-29-18-26(3)35(27(4)19-29)46-24-31-13-11-10-12-25(31)2)36(44)34-15-14-32(47-34)22-42-23-33(39-40-42)30-16-17-43(28(5)20-30)37(45)48-38(6,7)8/h10-15,18-19,23,28,30H,9,16-17,20-22,24H2,1-8H3. The quantitative estimate of drug-likeness (QED) is 0.173. The third-order valence-electron chi connectivity index (χ3n) is 8.86. The number of carbonyl (C=O) groups excluding carboxylic acids is 2. The van der Waals surface area contributed by atoms with Crippen molar-refractivity contribution in [3.05, 3.63) is 99.8 Å². The third kappa shape index (κ3) is 8.45. The number of aromatic nitrogens is 3. The smallest absolute Gasteiger partial charge is 0.410 e. The normalized spacial score (nSPS) is 16.5. The largest absolute Gasteiger partial charge is 0.488 e. The number of nitrogens with zero attached hydrogens (tertiary/aromatic N) is 5. The first-order chi connectivity index (χ1) is 22.8. The lowest BCUT2D eigenvalue weighted by molar-refractivity contribution is 0.0102. The number of likely N-dealkylation sites (tertiary alicyclic amines) is 1. The maximum absolute atomic E-state index is 13.5. The lowest BCUT2D eigenvalue weighted by Gasteiger charge is -2.37. The van der Waals surface area contributed by atoms with Crippen LogP contribution in [0.5, 0.6) is 5.75 Å². The second-order valence-corrected chi connectivity index (χ2v) is 13.9. The highest BCUT2D eigenvalue weighted by atomic mass is 16.6. The lowest BCUT2D eigenvalue weighted by Crippen LogP contribution is -2.46. The molecule has 0 bridgehead atoms. The first-order valence-electron chi connectivity index (χ1n) is 16.9. The molecule has 0 radical (unpaired) electrons. The van der Waals surface area contributed by atoms with Crippen LogP contribution in [0.2, 0.25) is 0 Å². The molecule has 1 fully saturated rings. The molecule has 1 saturated heterocycles. The first-order valence-corrected chi connectivity index (χ1v) is 16.9. The van der Waals surface area contributed by atoms with Crippen LogP contribution in [0.15, 0.2) is 59.1 Å². The molecule has 2 aromatic heterocycles. The van der Waals surface area contributed by atoms with E-state index in [0.717, 1.165) is 46.5 Å². The lowest BCUT2D eigenvalue weighted by atomic mass is 9.89. The van der Waals surface area contributed by atoms with Crippen molar-refractivity contribution in [1.82, 2.24) is 24.8 Å². The van der Waals surface area contributed by atoms with E-state index < -0.39 is 5.60 Å². The number of benzene rings is 2. The molecule has 2 aromatic carbocycles. The average Bonchev–Trinajstić information content (AvgIpc) is 3.69. The molecule has 0 spiro atoms. The molecule has 10 heteroatoms. The van der Waals surface area contributed by atoms with Gasteiger partial charge in [-0.1, -0.05) is 41.6 Å². The van der Waals surface area contributed by atoms with Crippen LogP contribution in [0.4, 0.5) is 4.79 Å². The molecule has 10 nitrogen and oxygen atoms in total. The summed E-state index contributed by atoms with van der Waals surface area (Å²) in [6, 6.07) is 16.0. The molecule has 2 unspecified atom stereocenters. The zero-order valence-corrected chi connectivity index (χ0v) is 29.6. The van der Waals surface area contributed by atoms with Crippen LogP contribution < -0.4 is 4.74 Å². The number of hydrogen-bond donors (Lipinski definition) is 0. The molecule has 1 aliphatic heterocycles. The maximum Gasteiger partial charge on any atom is 0.410 e. The number of hydrogen-bond acceptors (Lipinski definition) is 7. The average molecular weight is 656 g/mol. The molecular formula is C38H49N5O5. The highest BCUT2D eigenvalue weighted by molar-refractivity contribution is 5.91. The van der Waals surface area contributed by atoms with Gasteiger partial charge in [0.2, 0.25) is 0 Å². The summed E-state index contributed by atoms with van der Waals surface area (Å²) < 4.78 is 19.6. The zero-order valence-electron chi connectivity index (χ0n) is 29.6. The summed E-state index contributed by atoms with van der Waals surface area (Å²) in [6.07, 6.45) is 3.23. The highest BCUT2D eigenvalue weighted by Gasteiger charge is 2.33. The number of furan rings is 1. The van der Waals surface area contributed by atoms with Gasteiger partial charge in [0.15, 0.2) is 5.76 Å². The summed E-state index contributed by atoms with van der Waals surface area (Å²) in [7, 11) is 0. The molecule has 5 rings (SSSR count). The molecule has 0 N–H and O–H groups in total. The number of rotatable bonds is 10. The summed E-state index contributed by atoms with van der Waals surface area (Å²) in [5, 5.41) is 8.76. The van der Waals surface area contributed by atoms with Crippen LogP contribution in [-0.4, -0.2) is 61.5 Å². The molecule has 2 atom stereocenters. The molecule has 256 valence electrons. The summed E-state index contributed by atoms with van der Waals surface area (Å²) in [6.45, 7) is 18.3. The van der Waals surface area contributed by atoms with Gasteiger partial charge in [0, 0.05) is 37.8 Å². The van der Waals surface area contributed by atoms with Crippen LogP contribution >= 0.6 is 0 Å².